The number of rotatable bonds is 1. The highest BCUT2D eigenvalue weighted by Gasteiger charge is 2.38. The zero-order valence-corrected chi connectivity index (χ0v) is 8.38. The third kappa shape index (κ3) is 1.76. The summed E-state index contributed by atoms with van der Waals surface area (Å²) in [6.45, 7) is 1.74. The van der Waals surface area contributed by atoms with Crippen molar-refractivity contribution in [3.8, 4) is 0 Å². The van der Waals surface area contributed by atoms with E-state index in [0.29, 0.717) is 0 Å². The zero-order valence-electron chi connectivity index (χ0n) is 8.38. The average Bonchev–Trinajstić information content (AvgIpc) is 2.58. The molecule has 6 heteroatoms. The van der Waals surface area contributed by atoms with E-state index in [1.807, 2.05) is 0 Å². The lowest BCUT2D eigenvalue weighted by atomic mass is 10.1. The topological polar surface area (TPSA) is 52.0 Å². The van der Waals surface area contributed by atoms with Gasteiger partial charge in [0.2, 0.25) is 5.76 Å². The van der Waals surface area contributed by atoms with Crippen molar-refractivity contribution in [2.24, 2.45) is 5.73 Å². The van der Waals surface area contributed by atoms with Gasteiger partial charge in [-0.3, -0.25) is 0 Å². The Hall–Kier alpha value is -1.56. The minimum absolute atomic E-state index is 0.0445. The summed E-state index contributed by atoms with van der Waals surface area (Å²) in [4.78, 5) is 0. The standard InChI is InChI=1S/C10H9F3N2O/c1-5(14)6-2-3-7-8(4-6)15-16-9(7)10(11,12)13/h2-5H,14H2,1H3. The van der Waals surface area contributed by atoms with E-state index in [1.165, 1.54) is 12.1 Å². The molecular weight excluding hydrogens is 221 g/mol. The summed E-state index contributed by atoms with van der Waals surface area (Å²) in [5.74, 6) is -1.07. The molecule has 0 spiro atoms. The van der Waals surface area contributed by atoms with Crippen LogP contribution in [0.15, 0.2) is 22.7 Å². The molecule has 2 N–H and O–H groups in total. The van der Waals surface area contributed by atoms with Gasteiger partial charge in [-0.15, -0.1) is 0 Å². The summed E-state index contributed by atoms with van der Waals surface area (Å²) in [6, 6.07) is 4.11. The van der Waals surface area contributed by atoms with Gasteiger partial charge < -0.3 is 10.3 Å². The molecule has 2 aromatic rings. The van der Waals surface area contributed by atoms with Crippen LogP contribution >= 0.6 is 0 Å². The van der Waals surface area contributed by atoms with Gasteiger partial charge in [-0.1, -0.05) is 11.2 Å². The number of nitrogens with two attached hydrogens (primary N) is 1. The van der Waals surface area contributed by atoms with Crippen molar-refractivity contribution in [2.75, 3.05) is 0 Å². The Morgan fingerprint density at radius 1 is 1.38 bits per heavy atom. The molecule has 86 valence electrons. The van der Waals surface area contributed by atoms with Crippen LogP contribution < -0.4 is 5.73 Å². The molecule has 2 rings (SSSR count). The number of alkyl halides is 3. The Kier molecular flexibility index (Phi) is 2.38. The second kappa shape index (κ2) is 3.48. The molecule has 1 aromatic heterocycles. The first kappa shape index (κ1) is 10.9. The maximum atomic E-state index is 12.5. The predicted molar refractivity (Wildman–Crippen MR) is 51.6 cm³/mol. The molecule has 0 aliphatic heterocycles. The number of fused-ring (bicyclic) bond motifs is 1. The first-order valence-corrected chi connectivity index (χ1v) is 4.61. The van der Waals surface area contributed by atoms with Crippen LogP contribution in [0.25, 0.3) is 10.9 Å². The van der Waals surface area contributed by atoms with Crippen molar-refractivity contribution in [3.63, 3.8) is 0 Å². The third-order valence-electron chi connectivity index (χ3n) is 2.28. The number of halogens is 3. The second-order valence-corrected chi connectivity index (χ2v) is 3.57. The van der Waals surface area contributed by atoms with E-state index in [2.05, 4.69) is 9.68 Å². The summed E-state index contributed by atoms with van der Waals surface area (Å²) < 4.78 is 41.7. The zero-order chi connectivity index (χ0) is 11.9. The number of nitrogens with zero attached hydrogens (tertiary/aromatic N) is 1. The minimum atomic E-state index is -4.52. The van der Waals surface area contributed by atoms with E-state index in [0.717, 1.165) is 5.56 Å². The molecular formula is C10H9F3N2O. The molecule has 3 nitrogen and oxygen atoms in total. The maximum Gasteiger partial charge on any atom is 0.453 e. The quantitative estimate of drug-likeness (QED) is 0.819. The van der Waals surface area contributed by atoms with Crippen molar-refractivity contribution in [1.82, 2.24) is 5.16 Å². The van der Waals surface area contributed by atoms with Gasteiger partial charge in [0.15, 0.2) is 0 Å². The van der Waals surface area contributed by atoms with Crippen molar-refractivity contribution >= 4 is 10.9 Å². The van der Waals surface area contributed by atoms with E-state index >= 15 is 0 Å². The highest BCUT2D eigenvalue weighted by molar-refractivity contribution is 5.81. The minimum Gasteiger partial charge on any atom is -0.350 e. The van der Waals surface area contributed by atoms with Gasteiger partial charge in [-0.05, 0) is 24.6 Å². The lowest BCUT2D eigenvalue weighted by molar-refractivity contribution is -0.154. The van der Waals surface area contributed by atoms with Gasteiger partial charge in [-0.2, -0.15) is 13.2 Å². The smallest absolute Gasteiger partial charge is 0.350 e. The maximum absolute atomic E-state index is 12.5. The normalized spacial score (nSPS) is 14.3. The largest absolute Gasteiger partial charge is 0.453 e. The fourth-order valence-corrected chi connectivity index (χ4v) is 1.45. The second-order valence-electron chi connectivity index (χ2n) is 3.57. The summed E-state index contributed by atoms with van der Waals surface area (Å²) >= 11 is 0. The number of hydrogen-bond donors (Lipinski definition) is 1. The average molecular weight is 230 g/mol. The van der Waals surface area contributed by atoms with Crippen LogP contribution in [0.4, 0.5) is 13.2 Å². The fourth-order valence-electron chi connectivity index (χ4n) is 1.45. The molecule has 0 aliphatic rings. The highest BCUT2D eigenvalue weighted by atomic mass is 19.4. The van der Waals surface area contributed by atoms with E-state index in [1.54, 1.807) is 13.0 Å². The predicted octanol–water partition coefficient (Wildman–Crippen LogP) is 2.87. The number of aromatic nitrogens is 1. The Morgan fingerprint density at radius 3 is 2.62 bits per heavy atom. The van der Waals surface area contributed by atoms with Crippen LogP contribution in [0.5, 0.6) is 0 Å². The SMILES string of the molecule is CC(N)c1ccc2c(C(F)(F)F)onc2c1. The lowest BCUT2D eigenvalue weighted by Gasteiger charge is -2.04. The fraction of sp³-hybridized carbons (Fsp3) is 0.300. The van der Waals surface area contributed by atoms with Gasteiger partial charge in [-0.25, -0.2) is 0 Å². The molecule has 0 radical (unpaired) electrons. The van der Waals surface area contributed by atoms with Crippen LogP contribution in [0.2, 0.25) is 0 Å². The van der Waals surface area contributed by atoms with Crippen LogP contribution in [0.3, 0.4) is 0 Å². The van der Waals surface area contributed by atoms with E-state index in [4.69, 9.17) is 5.73 Å². The molecule has 1 atom stereocenters. The Morgan fingerprint density at radius 2 is 2.06 bits per heavy atom. The van der Waals surface area contributed by atoms with Gasteiger partial charge in [0.25, 0.3) is 0 Å². The van der Waals surface area contributed by atoms with Gasteiger partial charge in [0.05, 0.1) is 5.39 Å². The molecule has 0 amide bonds. The molecule has 1 aromatic carbocycles. The van der Waals surface area contributed by atoms with E-state index < -0.39 is 11.9 Å². The van der Waals surface area contributed by atoms with E-state index in [-0.39, 0.29) is 16.9 Å². The summed E-state index contributed by atoms with van der Waals surface area (Å²) in [5, 5.41) is 3.33. The molecule has 0 saturated heterocycles. The Labute approximate surface area is 89.0 Å². The van der Waals surface area contributed by atoms with Crippen LogP contribution in [-0.2, 0) is 6.18 Å². The monoisotopic (exact) mass is 230 g/mol. The number of hydrogen-bond acceptors (Lipinski definition) is 3. The summed E-state index contributed by atoms with van der Waals surface area (Å²) in [5.41, 5.74) is 6.50. The van der Waals surface area contributed by atoms with Crippen LogP contribution in [-0.4, -0.2) is 5.16 Å². The highest BCUT2D eigenvalue weighted by Crippen LogP contribution is 2.35. The van der Waals surface area contributed by atoms with Crippen LogP contribution in [0.1, 0.15) is 24.3 Å². The summed E-state index contributed by atoms with van der Waals surface area (Å²) in [6.07, 6.45) is -4.52. The number of benzene rings is 1. The third-order valence-corrected chi connectivity index (χ3v) is 2.28. The van der Waals surface area contributed by atoms with Gasteiger partial charge in [0.1, 0.15) is 5.52 Å². The molecule has 1 heterocycles. The van der Waals surface area contributed by atoms with Crippen molar-refractivity contribution in [3.05, 3.63) is 29.5 Å². The lowest BCUT2D eigenvalue weighted by Crippen LogP contribution is -2.05. The van der Waals surface area contributed by atoms with Crippen LogP contribution in [0, 0.1) is 0 Å². The molecule has 0 fully saturated rings. The molecule has 0 saturated carbocycles. The van der Waals surface area contributed by atoms with Gasteiger partial charge in [0, 0.05) is 6.04 Å². The first-order chi connectivity index (χ1) is 7.39. The van der Waals surface area contributed by atoms with Gasteiger partial charge >= 0.3 is 6.18 Å². The molecule has 16 heavy (non-hydrogen) atoms. The van der Waals surface area contributed by atoms with E-state index in [9.17, 15) is 13.2 Å². The van der Waals surface area contributed by atoms with Crippen molar-refractivity contribution < 1.29 is 17.7 Å². The molecule has 1 unspecified atom stereocenters. The summed E-state index contributed by atoms with van der Waals surface area (Å²) in [7, 11) is 0. The Bertz CT molecular complexity index is 516. The van der Waals surface area contributed by atoms with Crippen molar-refractivity contribution in [2.45, 2.75) is 19.1 Å². The van der Waals surface area contributed by atoms with Crippen molar-refractivity contribution in [1.29, 1.82) is 0 Å². The molecule has 0 bridgehead atoms. The first-order valence-electron chi connectivity index (χ1n) is 4.61. The molecule has 0 aliphatic carbocycles. The Balaban J connectivity index is 2.59.